The van der Waals surface area contributed by atoms with E-state index in [0.717, 1.165) is 11.1 Å². The summed E-state index contributed by atoms with van der Waals surface area (Å²) < 4.78 is 0. The summed E-state index contributed by atoms with van der Waals surface area (Å²) >= 11 is 0. The Balaban J connectivity index is 2.22. The third-order valence-corrected chi connectivity index (χ3v) is 2.97. The molecule has 1 aliphatic rings. The molecule has 1 aromatic rings. The number of carbonyl (C=O) groups is 2. The second-order valence-corrected chi connectivity index (χ2v) is 4.14. The van der Waals surface area contributed by atoms with Crippen LogP contribution in [0.2, 0.25) is 0 Å². The molecule has 0 atom stereocenters. The second kappa shape index (κ2) is 4.95. The third kappa shape index (κ3) is 2.53. The number of hydrogen-bond acceptors (Lipinski definition) is 3. The molecule has 3 N–H and O–H groups in total. The first kappa shape index (κ1) is 12.2. The van der Waals surface area contributed by atoms with Gasteiger partial charge in [-0.3, -0.25) is 4.79 Å². The largest absolute Gasteiger partial charge is 0.480 e. The van der Waals surface area contributed by atoms with Crippen molar-refractivity contribution in [2.24, 2.45) is 0 Å². The summed E-state index contributed by atoms with van der Waals surface area (Å²) in [7, 11) is 0. The molecule has 1 amide bonds. The van der Waals surface area contributed by atoms with Crippen LogP contribution in [0.5, 0.6) is 0 Å². The molecule has 0 aliphatic carbocycles. The number of nitrogens with one attached hydrogen (secondary N) is 1. The van der Waals surface area contributed by atoms with E-state index in [1.165, 1.54) is 4.90 Å². The van der Waals surface area contributed by atoms with Crippen molar-refractivity contribution in [1.29, 1.82) is 0 Å². The van der Waals surface area contributed by atoms with E-state index in [4.69, 9.17) is 10.2 Å². The van der Waals surface area contributed by atoms with Crippen LogP contribution in [0.4, 0.5) is 10.5 Å². The standard InChI is InChI=1S/C12H14N2O4/c15-11(16)6-13-10-3-1-2-8-4-5-14(12(17)18)7-9(8)10/h1-3,13H,4-7H2,(H,15,16)(H,17,18). The number of amides is 1. The SMILES string of the molecule is O=C(O)CNc1cccc2c1CN(C(=O)O)CC2. The number of nitrogens with zero attached hydrogens (tertiary/aromatic N) is 1. The van der Waals surface area contributed by atoms with Crippen LogP contribution >= 0.6 is 0 Å². The zero-order chi connectivity index (χ0) is 13.1. The topological polar surface area (TPSA) is 89.9 Å². The molecule has 6 heteroatoms. The molecule has 1 aliphatic heterocycles. The van der Waals surface area contributed by atoms with Gasteiger partial charge in [0.2, 0.25) is 0 Å². The number of hydrogen-bond donors (Lipinski definition) is 3. The average Bonchev–Trinajstić information content (AvgIpc) is 2.35. The van der Waals surface area contributed by atoms with Gasteiger partial charge in [0.1, 0.15) is 6.54 Å². The van der Waals surface area contributed by atoms with Gasteiger partial charge in [0, 0.05) is 12.2 Å². The van der Waals surface area contributed by atoms with Gasteiger partial charge >= 0.3 is 12.1 Å². The first-order chi connectivity index (χ1) is 8.58. The van der Waals surface area contributed by atoms with Gasteiger partial charge in [-0.15, -0.1) is 0 Å². The minimum absolute atomic E-state index is 0.177. The number of carboxylic acids is 1. The number of anilines is 1. The molecule has 0 aromatic heterocycles. The normalized spacial score (nSPS) is 13.9. The van der Waals surface area contributed by atoms with Crippen LogP contribution in [0.3, 0.4) is 0 Å². The number of rotatable bonds is 3. The summed E-state index contributed by atoms with van der Waals surface area (Å²) in [5, 5.41) is 20.4. The van der Waals surface area contributed by atoms with E-state index >= 15 is 0 Å². The Hall–Kier alpha value is -2.24. The highest BCUT2D eigenvalue weighted by atomic mass is 16.4. The molecular weight excluding hydrogens is 236 g/mol. The molecule has 2 rings (SSSR count). The zero-order valence-corrected chi connectivity index (χ0v) is 9.72. The monoisotopic (exact) mass is 250 g/mol. The molecule has 0 spiro atoms. The predicted molar refractivity (Wildman–Crippen MR) is 64.7 cm³/mol. The summed E-state index contributed by atoms with van der Waals surface area (Å²) in [5.74, 6) is -0.946. The highest BCUT2D eigenvalue weighted by molar-refractivity contribution is 5.74. The number of carboxylic acid groups (broad SMARTS) is 2. The number of fused-ring (bicyclic) bond motifs is 1. The van der Waals surface area contributed by atoms with Gasteiger partial charge in [-0.1, -0.05) is 12.1 Å². The Morgan fingerprint density at radius 1 is 1.33 bits per heavy atom. The van der Waals surface area contributed by atoms with E-state index < -0.39 is 12.1 Å². The van der Waals surface area contributed by atoms with Crippen molar-refractivity contribution in [2.75, 3.05) is 18.4 Å². The van der Waals surface area contributed by atoms with E-state index in [1.807, 2.05) is 12.1 Å². The summed E-state index contributed by atoms with van der Waals surface area (Å²) in [6, 6.07) is 5.56. The van der Waals surface area contributed by atoms with E-state index in [9.17, 15) is 9.59 Å². The molecule has 0 saturated heterocycles. The minimum atomic E-state index is -0.950. The molecule has 6 nitrogen and oxygen atoms in total. The molecule has 0 radical (unpaired) electrons. The van der Waals surface area contributed by atoms with Crippen LogP contribution in [0.15, 0.2) is 18.2 Å². The summed E-state index contributed by atoms with van der Waals surface area (Å²) in [6.45, 7) is 0.599. The lowest BCUT2D eigenvalue weighted by Gasteiger charge is -2.28. The maximum atomic E-state index is 11.0. The summed E-state index contributed by atoms with van der Waals surface area (Å²) in [5.41, 5.74) is 2.64. The van der Waals surface area contributed by atoms with Gasteiger partial charge in [-0.25, -0.2) is 4.79 Å². The molecule has 0 bridgehead atoms. The predicted octanol–water partition coefficient (Wildman–Crippen LogP) is 1.22. The summed E-state index contributed by atoms with van der Waals surface area (Å²) in [4.78, 5) is 22.8. The van der Waals surface area contributed by atoms with Crippen LogP contribution in [-0.2, 0) is 17.8 Å². The Morgan fingerprint density at radius 2 is 2.11 bits per heavy atom. The van der Waals surface area contributed by atoms with E-state index in [2.05, 4.69) is 5.32 Å². The van der Waals surface area contributed by atoms with Crippen molar-refractivity contribution in [2.45, 2.75) is 13.0 Å². The lowest BCUT2D eigenvalue weighted by molar-refractivity contribution is -0.134. The fourth-order valence-electron chi connectivity index (χ4n) is 2.08. The molecular formula is C12H14N2O4. The van der Waals surface area contributed by atoms with Crippen molar-refractivity contribution >= 4 is 17.7 Å². The molecule has 0 saturated carbocycles. The van der Waals surface area contributed by atoms with Crippen molar-refractivity contribution < 1.29 is 19.8 Å². The molecule has 0 unspecified atom stereocenters. The van der Waals surface area contributed by atoms with Crippen LogP contribution in [0.1, 0.15) is 11.1 Å². The van der Waals surface area contributed by atoms with Crippen molar-refractivity contribution in [3.05, 3.63) is 29.3 Å². The van der Waals surface area contributed by atoms with Crippen LogP contribution in [0.25, 0.3) is 0 Å². The zero-order valence-electron chi connectivity index (χ0n) is 9.72. The third-order valence-electron chi connectivity index (χ3n) is 2.97. The van der Waals surface area contributed by atoms with Gasteiger partial charge < -0.3 is 20.4 Å². The quantitative estimate of drug-likeness (QED) is 0.750. The smallest absolute Gasteiger partial charge is 0.407 e. The Morgan fingerprint density at radius 3 is 2.78 bits per heavy atom. The Kier molecular flexibility index (Phi) is 3.36. The molecule has 1 aromatic carbocycles. The maximum absolute atomic E-state index is 11.0. The first-order valence-electron chi connectivity index (χ1n) is 5.62. The Labute approximate surface area is 104 Å². The maximum Gasteiger partial charge on any atom is 0.407 e. The van der Waals surface area contributed by atoms with Gasteiger partial charge in [0.05, 0.1) is 6.54 Å². The van der Waals surface area contributed by atoms with Gasteiger partial charge in [0.25, 0.3) is 0 Å². The number of benzene rings is 1. The van der Waals surface area contributed by atoms with E-state index in [1.54, 1.807) is 6.07 Å². The minimum Gasteiger partial charge on any atom is -0.480 e. The fraction of sp³-hybridized carbons (Fsp3) is 0.333. The van der Waals surface area contributed by atoms with Crippen molar-refractivity contribution in [1.82, 2.24) is 4.90 Å². The fourth-order valence-corrected chi connectivity index (χ4v) is 2.08. The van der Waals surface area contributed by atoms with E-state index in [-0.39, 0.29) is 6.54 Å². The van der Waals surface area contributed by atoms with E-state index in [0.29, 0.717) is 25.2 Å². The van der Waals surface area contributed by atoms with Gasteiger partial charge in [-0.05, 0) is 23.6 Å². The number of aliphatic carboxylic acids is 1. The highest BCUT2D eigenvalue weighted by Gasteiger charge is 2.22. The molecule has 96 valence electrons. The highest BCUT2D eigenvalue weighted by Crippen LogP contribution is 2.26. The van der Waals surface area contributed by atoms with Gasteiger partial charge in [-0.2, -0.15) is 0 Å². The molecule has 0 fully saturated rings. The lowest BCUT2D eigenvalue weighted by Crippen LogP contribution is -2.35. The van der Waals surface area contributed by atoms with Crippen molar-refractivity contribution in [3.63, 3.8) is 0 Å². The summed E-state index contributed by atoms with van der Waals surface area (Å²) in [6.07, 6.45) is -0.293. The molecule has 18 heavy (non-hydrogen) atoms. The van der Waals surface area contributed by atoms with Gasteiger partial charge in [0.15, 0.2) is 0 Å². The van der Waals surface area contributed by atoms with Crippen molar-refractivity contribution in [3.8, 4) is 0 Å². The second-order valence-electron chi connectivity index (χ2n) is 4.14. The molecule has 1 heterocycles. The first-order valence-corrected chi connectivity index (χ1v) is 5.62. The van der Waals surface area contributed by atoms with Crippen LogP contribution in [0, 0.1) is 0 Å². The Bertz CT molecular complexity index is 487. The lowest BCUT2D eigenvalue weighted by atomic mass is 9.98. The average molecular weight is 250 g/mol. The van der Waals surface area contributed by atoms with Crippen LogP contribution in [-0.4, -0.2) is 40.3 Å². The van der Waals surface area contributed by atoms with Crippen LogP contribution < -0.4 is 5.32 Å².